The molecule has 10 heteroatoms. The lowest BCUT2D eigenvalue weighted by Crippen LogP contribution is -2.48. The molecule has 4 rings (SSSR count). The van der Waals surface area contributed by atoms with Crippen LogP contribution in [0.15, 0.2) is 71.8 Å². The number of carbonyl (C=O) groups is 2. The highest BCUT2D eigenvalue weighted by molar-refractivity contribution is 7.92. The van der Waals surface area contributed by atoms with Gasteiger partial charge in [0.15, 0.2) is 0 Å². The molecule has 1 aliphatic heterocycles. The van der Waals surface area contributed by atoms with E-state index in [4.69, 9.17) is 4.74 Å². The molecular formula is C26H28N4O5S. The second-order valence-electron chi connectivity index (χ2n) is 8.70. The average molecular weight is 509 g/mol. The van der Waals surface area contributed by atoms with Crippen LogP contribution in [-0.2, 0) is 19.6 Å². The van der Waals surface area contributed by atoms with E-state index in [1.54, 1.807) is 25.1 Å². The molecule has 2 N–H and O–H groups in total. The van der Waals surface area contributed by atoms with Gasteiger partial charge >= 0.3 is 0 Å². The molecule has 0 radical (unpaired) electrons. The fourth-order valence-corrected chi connectivity index (χ4v) is 5.49. The Balaban J connectivity index is 1.67. The van der Waals surface area contributed by atoms with Gasteiger partial charge in [0.25, 0.3) is 10.0 Å². The molecular weight excluding hydrogens is 480 g/mol. The molecule has 2 unspecified atom stereocenters. The third-order valence-electron chi connectivity index (χ3n) is 5.87. The standard InChI is InChI=1S/C26H28N4O5S/c1-17-8-7-11-23(12-17)36(33,34)30-16-22(15-27-19(3)31)35-26-24(30)13-21(14-28-26)29-25(32)18(2)20-9-5-4-6-10-20/h4-14,18,22H,15-16H2,1-3H3,(H,27,31)(H,29,32). The average Bonchev–Trinajstić information content (AvgIpc) is 2.87. The fraction of sp³-hybridized carbons (Fsp3) is 0.269. The lowest BCUT2D eigenvalue weighted by atomic mass is 10.0. The Morgan fingerprint density at radius 2 is 1.89 bits per heavy atom. The Morgan fingerprint density at radius 3 is 2.58 bits per heavy atom. The van der Waals surface area contributed by atoms with Crippen LogP contribution in [0.25, 0.3) is 0 Å². The summed E-state index contributed by atoms with van der Waals surface area (Å²) in [5.41, 5.74) is 2.21. The second-order valence-corrected chi connectivity index (χ2v) is 10.6. The lowest BCUT2D eigenvalue weighted by molar-refractivity contribution is -0.119. The van der Waals surface area contributed by atoms with Crippen LogP contribution in [-0.4, -0.2) is 44.4 Å². The van der Waals surface area contributed by atoms with Crippen LogP contribution in [0.2, 0.25) is 0 Å². The fourth-order valence-electron chi connectivity index (χ4n) is 3.89. The lowest BCUT2D eigenvalue weighted by Gasteiger charge is -2.35. The maximum Gasteiger partial charge on any atom is 0.264 e. The number of pyridine rings is 1. The van der Waals surface area contributed by atoms with Gasteiger partial charge in [-0.1, -0.05) is 42.5 Å². The SMILES string of the molecule is CC(=O)NCC1CN(S(=O)(=O)c2cccc(C)c2)c2cc(NC(=O)C(C)c3ccccc3)cnc2O1. The summed E-state index contributed by atoms with van der Waals surface area (Å²) in [5, 5.41) is 5.49. The highest BCUT2D eigenvalue weighted by Crippen LogP contribution is 2.37. The summed E-state index contributed by atoms with van der Waals surface area (Å²) in [6.45, 7) is 5.06. The smallest absolute Gasteiger partial charge is 0.264 e. The molecule has 2 atom stereocenters. The number of aromatic nitrogens is 1. The quantitative estimate of drug-likeness (QED) is 0.506. The van der Waals surface area contributed by atoms with Crippen LogP contribution < -0.4 is 19.7 Å². The number of amides is 2. The summed E-state index contributed by atoms with van der Waals surface area (Å²) in [7, 11) is -3.99. The molecule has 9 nitrogen and oxygen atoms in total. The van der Waals surface area contributed by atoms with Crippen molar-refractivity contribution in [3.8, 4) is 5.88 Å². The van der Waals surface area contributed by atoms with Crippen molar-refractivity contribution in [2.24, 2.45) is 0 Å². The first-order valence-electron chi connectivity index (χ1n) is 11.5. The summed E-state index contributed by atoms with van der Waals surface area (Å²) in [4.78, 5) is 28.7. The van der Waals surface area contributed by atoms with Gasteiger partial charge in [0.05, 0.1) is 35.8 Å². The first kappa shape index (κ1) is 25.2. The number of aryl methyl sites for hydroxylation is 1. The monoisotopic (exact) mass is 508 g/mol. The van der Waals surface area contributed by atoms with Crippen molar-refractivity contribution in [1.29, 1.82) is 0 Å². The first-order chi connectivity index (χ1) is 17.1. The van der Waals surface area contributed by atoms with Crippen molar-refractivity contribution in [3.05, 3.63) is 78.0 Å². The maximum absolute atomic E-state index is 13.7. The highest BCUT2D eigenvalue weighted by Gasteiger charge is 2.36. The molecule has 2 aromatic carbocycles. The zero-order chi connectivity index (χ0) is 25.9. The number of carbonyl (C=O) groups excluding carboxylic acids is 2. The maximum atomic E-state index is 13.7. The topological polar surface area (TPSA) is 118 Å². The van der Waals surface area contributed by atoms with Crippen LogP contribution >= 0.6 is 0 Å². The Morgan fingerprint density at radius 1 is 1.14 bits per heavy atom. The van der Waals surface area contributed by atoms with E-state index in [9.17, 15) is 18.0 Å². The van der Waals surface area contributed by atoms with Crippen molar-refractivity contribution >= 4 is 33.2 Å². The van der Waals surface area contributed by atoms with Crippen LogP contribution in [0.4, 0.5) is 11.4 Å². The van der Waals surface area contributed by atoms with Crippen molar-refractivity contribution in [2.75, 3.05) is 22.7 Å². The van der Waals surface area contributed by atoms with Gasteiger partial charge in [-0.3, -0.25) is 13.9 Å². The number of nitrogens with zero attached hydrogens (tertiary/aromatic N) is 2. The number of benzene rings is 2. The molecule has 0 saturated heterocycles. The van der Waals surface area contributed by atoms with Crippen LogP contribution in [0.3, 0.4) is 0 Å². The van der Waals surface area contributed by atoms with E-state index in [1.807, 2.05) is 43.3 Å². The van der Waals surface area contributed by atoms with E-state index in [-0.39, 0.29) is 41.4 Å². The summed E-state index contributed by atoms with van der Waals surface area (Å²) in [6, 6.07) is 17.5. The molecule has 2 amide bonds. The zero-order valence-electron chi connectivity index (χ0n) is 20.3. The number of nitrogens with one attached hydrogen (secondary N) is 2. The normalized spacial score (nSPS) is 15.9. The van der Waals surface area contributed by atoms with E-state index >= 15 is 0 Å². The molecule has 0 fully saturated rings. The van der Waals surface area contributed by atoms with Crippen molar-refractivity contribution in [3.63, 3.8) is 0 Å². The van der Waals surface area contributed by atoms with Crippen molar-refractivity contribution < 1.29 is 22.7 Å². The van der Waals surface area contributed by atoms with Crippen LogP contribution in [0, 0.1) is 6.92 Å². The molecule has 0 spiro atoms. The minimum atomic E-state index is -3.99. The number of rotatable bonds is 7. The van der Waals surface area contributed by atoms with Gasteiger partial charge in [-0.15, -0.1) is 0 Å². The Hall–Kier alpha value is -3.92. The number of hydrogen-bond acceptors (Lipinski definition) is 6. The molecule has 3 aromatic rings. The number of fused-ring (bicyclic) bond motifs is 1. The Kier molecular flexibility index (Phi) is 7.25. The van der Waals surface area contributed by atoms with Gasteiger partial charge < -0.3 is 15.4 Å². The Labute approximate surface area is 210 Å². The van der Waals surface area contributed by atoms with E-state index in [2.05, 4.69) is 15.6 Å². The van der Waals surface area contributed by atoms with Crippen molar-refractivity contribution in [1.82, 2.24) is 10.3 Å². The minimum absolute atomic E-state index is 0.0386. The molecule has 0 bridgehead atoms. The molecule has 1 aromatic heterocycles. The first-order valence-corrected chi connectivity index (χ1v) is 13.0. The third-order valence-corrected chi connectivity index (χ3v) is 7.64. The predicted molar refractivity (Wildman–Crippen MR) is 137 cm³/mol. The molecule has 36 heavy (non-hydrogen) atoms. The van der Waals surface area contributed by atoms with Gasteiger partial charge in [-0.05, 0) is 43.2 Å². The number of hydrogen-bond donors (Lipinski definition) is 2. The molecule has 2 heterocycles. The second kappa shape index (κ2) is 10.4. The summed E-state index contributed by atoms with van der Waals surface area (Å²) in [6.07, 6.45) is 0.777. The molecule has 0 saturated carbocycles. The van der Waals surface area contributed by atoms with E-state index in [0.29, 0.717) is 5.69 Å². The van der Waals surface area contributed by atoms with Gasteiger partial charge in [-0.2, -0.15) is 0 Å². The minimum Gasteiger partial charge on any atom is -0.469 e. The Bertz CT molecular complexity index is 1380. The van der Waals surface area contributed by atoms with Gasteiger partial charge in [-0.25, -0.2) is 13.4 Å². The van der Waals surface area contributed by atoms with E-state index in [1.165, 1.54) is 23.5 Å². The molecule has 188 valence electrons. The number of anilines is 2. The summed E-state index contributed by atoms with van der Waals surface area (Å²) < 4.78 is 34.5. The van der Waals surface area contributed by atoms with Crippen molar-refractivity contribution in [2.45, 2.75) is 37.7 Å². The van der Waals surface area contributed by atoms with E-state index < -0.39 is 22.0 Å². The van der Waals surface area contributed by atoms with E-state index in [0.717, 1.165) is 11.1 Å². The summed E-state index contributed by atoms with van der Waals surface area (Å²) >= 11 is 0. The molecule has 0 aliphatic carbocycles. The predicted octanol–water partition coefficient (Wildman–Crippen LogP) is 3.22. The molecule has 1 aliphatic rings. The van der Waals surface area contributed by atoms with Gasteiger partial charge in [0, 0.05) is 6.92 Å². The van der Waals surface area contributed by atoms with Crippen LogP contribution in [0.5, 0.6) is 5.88 Å². The zero-order valence-corrected chi connectivity index (χ0v) is 21.1. The summed E-state index contributed by atoms with van der Waals surface area (Å²) in [5.74, 6) is -0.832. The van der Waals surface area contributed by atoms with Gasteiger partial charge in [0.2, 0.25) is 17.7 Å². The third kappa shape index (κ3) is 5.49. The highest BCUT2D eigenvalue weighted by atomic mass is 32.2. The largest absolute Gasteiger partial charge is 0.469 e. The van der Waals surface area contributed by atoms with Crippen LogP contribution in [0.1, 0.15) is 30.9 Å². The van der Waals surface area contributed by atoms with Gasteiger partial charge in [0.1, 0.15) is 11.8 Å². The number of sulfonamides is 1. The number of ether oxygens (including phenoxy) is 1.